The van der Waals surface area contributed by atoms with Crippen molar-refractivity contribution in [3.63, 3.8) is 0 Å². The smallest absolute Gasteiger partial charge is 0.348 e. The summed E-state index contributed by atoms with van der Waals surface area (Å²) >= 11 is 0. The van der Waals surface area contributed by atoms with Crippen LogP contribution < -0.4 is 5.69 Å². The Hall–Kier alpha value is -2.44. The van der Waals surface area contributed by atoms with Gasteiger partial charge in [-0.2, -0.15) is 4.98 Å². The monoisotopic (exact) mass is 276 g/mol. The van der Waals surface area contributed by atoms with Gasteiger partial charge in [0.1, 0.15) is 0 Å². The molecule has 0 saturated heterocycles. The van der Waals surface area contributed by atoms with Gasteiger partial charge in [0.25, 0.3) is 0 Å². The molecule has 106 valence electrons. The molecular formula is C13H16N4O3. The van der Waals surface area contributed by atoms with Crippen LogP contribution in [0, 0.1) is 13.8 Å². The average Bonchev–Trinajstić information content (AvgIpc) is 2.87. The molecule has 2 aromatic heterocycles. The van der Waals surface area contributed by atoms with E-state index in [9.17, 15) is 9.59 Å². The molecule has 0 bridgehead atoms. The van der Waals surface area contributed by atoms with Crippen molar-refractivity contribution in [1.82, 2.24) is 19.1 Å². The van der Waals surface area contributed by atoms with Crippen LogP contribution >= 0.6 is 0 Å². The van der Waals surface area contributed by atoms with Crippen LogP contribution in [0.4, 0.5) is 0 Å². The van der Waals surface area contributed by atoms with E-state index in [1.807, 2.05) is 4.57 Å². The summed E-state index contributed by atoms with van der Waals surface area (Å²) in [5.74, 6) is -0.933. The van der Waals surface area contributed by atoms with E-state index in [1.54, 1.807) is 32.6 Å². The van der Waals surface area contributed by atoms with Crippen molar-refractivity contribution in [2.75, 3.05) is 0 Å². The van der Waals surface area contributed by atoms with E-state index in [2.05, 4.69) is 9.97 Å². The van der Waals surface area contributed by atoms with Crippen molar-refractivity contribution in [1.29, 1.82) is 0 Å². The molecule has 0 aliphatic rings. The lowest BCUT2D eigenvalue weighted by molar-refractivity contribution is -0.136. The molecule has 0 amide bonds. The zero-order valence-corrected chi connectivity index (χ0v) is 11.4. The second kappa shape index (κ2) is 5.68. The van der Waals surface area contributed by atoms with Gasteiger partial charge in [0.2, 0.25) is 0 Å². The predicted molar refractivity (Wildman–Crippen MR) is 71.5 cm³/mol. The molecule has 0 radical (unpaired) electrons. The molecule has 2 aromatic rings. The summed E-state index contributed by atoms with van der Waals surface area (Å²) in [6, 6.07) is 0. The number of carboxylic acid groups (broad SMARTS) is 1. The number of aromatic nitrogens is 4. The molecule has 7 heteroatoms. The van der Waals surface area contributed by atoms with E-state index < -0.39 is 5.97 Å². The van der Waals surface area contributed by atoms with E-state index in [-0.39, 0.29) is 12.1 Å². The minimum atomic E-state index is -0.933. The van der Waals surface area contributed by atoms with Crippen molar-refractivity contribution in [3.05, 3.63) is 46.2 Å². The number of carboxylic acids is 1. The first-order valence-corrected chi connectivity index (χ1v) is 6.23. The first kappa shape index (κ1) is 14.0. The normalized spacial score (nSPS) is 10.7. The number of rotatable bonds is 5. The van der Waals surface area contributed by atoms with Crippen molar-refractivity contribution in [2.45, 2.75) is 33.4 Å². The minimum Gasteiger partial charge on any atom is -0.481 e. The highest BCUT2D eigenvalue weighted by Gasteiger charge is 2.14. The Morgan fingerprint density at radius 1 is 1.35 bits per heavy atom. The number of hydrogen-bond acceptors (Lipinski definition) is 4. The lowest BCUT2D eigenvalue weighted by atomic mass is 10.1. The minimum absolute atomic E-state index is 0.129. The van der Waals surface area contributed by atoms with Gasteiger partial charge in [0.15, 0.2) is 0 Å². The molecule has 0 unspecified atom stereocenters. The molecule has 0 fully saturated rings. The molecule has 1 N–H and O–H groups in total. The van der Waals surface area contributed by atoms with Crippen LogP contribution in [0.1, 0.15) is 17.0 Å². The molecule has 0 aliphatic heterocycles. The quantitative estimate of drug-likeness (QED) is 0.852. The molecule has 0 atom stereocenters. The number of nitrogens with zero attached hydrogens (tertiary/aromatic N) is 4. The van der Waals surface area contributed by atoms with Crippen LogP contribution in [-0.2, 0) is 24.3 Å². The fraction of sp³-hybridized carbons (Fsp3) is 0.385. The zero-order chi connectivity index (χ0) is 14.7. The zero-order valence-electron chi connectivity index (χ0n) is 11.4. The number of aliphatic carboxylic acids is 1. The molecule has 0 aliphatic carbocycles. The summed E-state index contributed by atoms with van der Waals surface area (Å²) < 4.78 is 3.36. The predicted octanol–water partition coefficient (Wildman–Crippen LogP) is 0.384. The average molecular weight is 276 g/mol. The van der Waals surface area contributed by atoms with E-state index in [0.717, 1.165) is 0 Å². The van der Waals surface area contributed by atoms with Crippen molar-refractivity contribution < 1.29 is 9.90 Å². The van der Waals surface area contributed by atoms with Gasteiger partial charge in [-0.15, -0.1) is 0 Å². The highest BCUT2D eigenvalue weighted by atomic mass is 16.4. The van der Waals surface area contributed by atoms with Crippen molar-refractivity contribution in [2.24, 2.45) is 0 Å². The largest absolute Gasteiger partial charge is 0.481 e. The lowest BCUT2D eigenvalue weighted by Gasteiger charge is -2.14. The Labute approximate surface area is 115 Å². The SMILES string of the molecule is Cc1nc(=O)n(CCn2ccnc2)c(C)c1CC(=O)O. The van der Waals surface area contributed by atoms with E-state index in [0.29, 0.717) is 30.0 Å². The van der Waals surface area contributed by atoms with Crippen LogP contribution in [0.3, 0.4) is 0 Å². The summed E-state index contributed by atoms with van der Waals surface area (Å²) in [5, 5.41) is 8.93. The van der Waals surface area contributed by atoms with Crippen LogP contribution in [0.15, 0.2) is 23.5 Å². The summed E-state index contributed by atoms with van der Waals surface area (Å²) in [6.45, 7) is 4.42. The first-order valence-electron chi connectivity index (χ1n) is 6.23. The van der Waals surface area contributed by atoms with Gasteiger partial charge in [0.05, 0.1) is 12.7 Å². The molecule has 2 heterocycles. The van der Waals surface area contributed by atoms with Gasteiger partial charge in [-0.1, -0.05) is 0 Å². The Kier molecular flexibility index (Phi) is 3.97. The summed E-state index contributed by atoms with van der Waals surface area (Å²) in [6.07, 6.45) is 5.01. The standard InChI is InChI=1S/C13H16N4O3/c1-9-11(7-12(18)19)10(2)17(13(20)15-9)6-5-16-4-3-14-8-16/h3-4,8H,5-7H2,1-2H3,(H,18,19). The summed E-state index contributed by atoms with van der Waals surface area (Å²) in [4.78, 5) is 30.7. The van der Waals surface area contributed by atoms with Crippen LogP contribution in [-0.4, -0.2) is 30.2 Å². The summed E-state index contributed by atoms with van der Waals surface area (Å²) in [5.41, 5.74) is 1.38. The fourth-order valence-electron chi connectivity index (χ4n) is 2.14. The van der Waals surface area contributed by atoms with Gasteiger partial charge >= 0.3 is 11.7 Å². The number of hydrogen-bond donors (Lipinski definition) is 1. The third-order valence-corrected chi connectivity index (χ3v) is 3.24. The van der Waals surface area contributed by atoms with E-state index in [4.69, 9.17) is 5.11 Å². The van der Waals surface area contributed by atoms with E-state index >= 15 is 0 Å². The molecule has 20 heavy (non-hydrogen) atoms. The van der Waals surface area contributed by atoms with Crippen molar-refractivity contribution >= 4 is 5.97 Å². The Bertz CT molecular complexity index is 674. The van der Waals surface area contributed by atoms with Gasteiger partial charge in [-0.05, 0) is 13.8 Å². The van der Waals surface area contributed by atoms with Crippen LogP contribution in [0.25, 0.3) is 0 Å². The van der Waals surface area contributed by atoms with Gasteiger partial charge < -0.3 is 9.67 Å². The maximum Gasteiger partial charge on any atom is 0.348 e. The number of carbonyl (C=O) groups is 1. The second-order valence-electron chi connectivity index (χ2n) is 4.57. The molecule has 2 rings (SSSR count). The maximum absolute atomic E-state index is 11.9. The molecule has 0 saturated carbocycles. The van der Waals surface area contributed by atoms with Crippen LogP contribution in [0.5, 0.6) is 0 Å². The Morgan fingerprint density at radius 2 is 2.10 bits per heavy atom. The topological polar surface area (TPSA) is 90.0 Å². The number of aryl methyl sites for hydroxylation is 2. The van der Waals surface area contributed by atoms with Crippen molar-refractivity contribution in [3.8, 4) is 0 Å². The third kappa shape index (κ3) is 2.93. The van der Waals surface area contributed by atoms with Crippen LogP contribution in [0.2, 0.25) is 0 Å². The second-order valence-corrected chi connectivity index (χ2v) is 4.57. The molecule has 0 aromatic carbocycles. The highest BCUT2D eigenvalue weighted by Crippen LogP contribution is 2.10. The Morgan fingerprint density at radius 3 is 2.70 bits per heavy atom. The maximum atomic E-state index is 11.9. The van der Waals surface area contributed by atoms with E-state index in [1.165, 1.54) is 4.57 Å². The molecule has 7 nitrogen and oxygen atoms in total. The Balaban J connectivity index is 2.32. The number of imidazole rings is 1. The lowest BCUT2D eigenvalue weighted by Crippen LogP contribution is -2.29. The third-order valence-electron chi connectivity index (χ3n) is 3.24. The highest BCUT2D eigenvalue weighted by molar-refractivity contribution is 5.70. The van der Waals surface area contributed by atoms with Gasteiger partial charge in [0, 0.05) is 42.4 Å². The molecular weight excluding hydrogens is 260 g/mol. The molecule has 0 spiro atoms. The van der Waals surface area contributed by atoms with Gasteiger partial charge in [-0.25, -0.2) is 9.78 Å². The first-order chi connectivity index (χ1) is 9.49. The summed E-state index contributed by atoms with van der Waals surface area (Å²) in [7, 11) is 0. The fourth-order valence-corrected chi connectivity index (χ4v) is 2.14. The van der Waals surface area contributed by atoms with Gasteiger partial charge in [-0.3, -0.25) is 9.36 Å².